The Labute approximate surface area is 215 Å². The monoisotopic (exact) mass is 486 g/mol. The van der Waals surface area contributed by atoms with Gasteiger partial charge in [0.15, 0.2) is 5.76 Å². The summed E-state index contributed by atoms with van der Waals surface area (Å²) >= 11 is 0. The van der Waals surface area contributed by atoms with Crippen molar-refractivity contribution in [3.8, 4) is 23.2 Å². The maximum atomic E-state index is 13.0. The van der Waals surface area contributed by atoms with Crippen molar-refractivity contribution in [2.75, 3.05) is 5.32 Å². The Bertz CT molecular complexity index is 1570. The normalized spacial score (nSPS) is 11.4. The molecule has 5 aromatic rings. The number of hydrogen-bond donors (Lipinski definition) is 1. The average Bonchev–Trinajstić information content (AvgIpc) is 3.56. The van der Waals surface area contributed by atoms with E-state index in [0.717, 1.165) is 35.9 Å². The van der Waals surface area contributed by atoms with Crippen LogP contribution in [0.5, 0.6) is 0 Å². The van der Waals surface area contributed by atoms with Crippen LogP contribution < -0.4 is 5.32 Å². The fourth-order valence-corrected chi connectivity index (χ4v) is 4.13. The minimum absolute atomic E-state index is 0.0277. The summed E-state index contributed by atoms with van der Waals surface area (Å²) in [4.78, 5) is 13.0. The third-order valence-electron chi connectivity index (χ3n) is 6.12. The Morgan fingerprint density at radius 3 is 2.54 bits per heavy atom. The second kappa shape index (κ2) is 10.8. The number of hydrogen-bond acceptors (Lipinski definition) is 4. The molecule has 0 radical (unpaired) electrons. The molecule has 182 valence electrons. The molecule has 0 bridgehead atoms. The maximum absolute atomic E-state index is 13.0. The van der Waals surface area contributed by atoms with E-state index in [1.54, 1.807) is 17.0 Å². The lowest BCUT2D eigenvalue weighted by molar-refractivity contribution is -0.112. The lowest BCUT2D eigenvalue weighted by Crippen LogP contribution is -2.13. The molecule has 5 rings (SSSR count). The van der Waals surface area contributed by atoms with Crippen molar-refractivity contribution in [2.45, 2.75) is 26.2 Å². The molecule has 6 heteroatoms. The topological polar surface area (TPSA) is 83.9 Å². The summed E-state index contributed by atoms with van der Waals surface area (Å²) in [5, 5.41) is 18.4. The zero-order valence-corrected chi connectivity index (χ0v) is 20.5. The molecule has 0 aliphatic carbocycles. The molecule has 0 fully saturated rings. The summed E-state index contributed by atoms with van der Waals surface area (Å²) in [6, 6.07) is 29.1. The highest BCUT2D eigenvalue weighted by atomic mass is 16.3. The van der Waals surface area contributed by atoms with Gasteiger partial charge < -0.3 is 9.73 Å². The number of aryl methyl sites for hydroxylation is 1. The number of nitriles is 1. The smallest absolute Gasteiger partial charge is 0.266 e. The van der Waals surface area contributed by atoms with E-state index in [1.165, 1.54) is 5.56 Å². The molecule has 3 aromatic carbocycles. The third-order valence-corrected chi connectivity index (χ3v) is 6.12. The fourth-order valence-electron chi connectivity index (χ4n) is 4.13. The van der Waals surface area contributed by atoms with Crippen LogP contribution in [0.2, 0.25) is 0 Å². The largest absolute Gasteiger partial charge is 0.454 e. The van der Waals surface area contributed by atoms with Gasteiger partial charge in [0.1, 0.15) is 22.9 Å². The average molecular weight is 487 g/mol. The first kappa shape index (κ1) is 23.8. The number of benzene rings is 3. The minimum Gasteiger partial charge on any atom is -0.454 e. The Morgan fingerprint density at radius 1 is 1.05 bits per heavy atom. The Balaban J connectivity index is 1.49. The predicted molar refractivity (Wildman–Crippen MR) is 146 cm³/mol. The van der Waals surface area contributed by atoms with Crippen LogP contribution in [0.4, 0.5) is 5.69 Å². The number of nitrogens with zero attached hydrogens (tertiary/aromatic N) is 3. The van der Waals surface area contributed by atoms with E-state index >= 15 is 0 Å². The van der Waals surface area contributed by atoms with Crippen molar-refractivity contribution < 1.29 is 9.21 Å². The van der Waals surface area contributed by atoms with Gasteiger partial charge >= 0.3 is 0 Å². The molecule has 37 heavy (non-hydrogen) atoms. The first-order chi connectivity index (χ1) is 18.1. The number of fused-ring (bicyclic) bond motifs is 1. The molecule has 0 unspecified atom stereocenters. The number of furan rings is 1. The number of unbranched alkanes of at least 4 members (excludes halogenated alkanes) is 1. The Morgan fingerprint density at radius 2 is 1.81 bits per heavy atom. The lowest BCUT2D eigenvalue weighted by atomic mass is 10.1. The van der Waals surface area contributed by atoms with Gasteiger partial charge in [0.2, 0.25) is 0 Å². The van der Waals surface area contributed by atoms with E-state index in [0.29, 0.717) is 22.7 Å². The van der Waals surface area contributed by atoms with Crippen molar-refractivity contribution >= 4 is 28.6 Å². The van der Waals surface area contributed by atoms with E-state index in [1.807, 2.05) is 91.0 Å². The van der Waals surface area contributed by atoms with Crippen LogP contribution in [0.3, 0.4) is 0 Å². The SMILES string of the molecule is CCCCc1ccc(NC(=O)C(C#N)=Cc2cn(-c3ccccc3)nc2-c2cc3ccccc3o2)cc1. The molecular formula is C31H26N4O2. The summed E-state index contributed by atoms with van der Waals surface area (Å²) in [6.07, 6.45) is 6.61. The standard InChI is InChI=1S/C31H26N4O2/c1-2-3-9-22-14-16-26(17-15-22)33-31(36)24(20-32)18-25-21-35(27-11-5-4-6-12-27)34-30(25)29-19-23-10-7-8-13-28(23)37-29/h4-8,10-19,21H,2-3,9H2,1H3,(H,33,36). The van der Waals surface area contributed by atoms with Gasteiger partial charge in [-0.1, -0.05) is 61.9 Å². The van der Waals surface area contributed by atoms with Gasteiger partial charge in [-0.2, -0.15) is 10.4 Å². The zero-order valence-electron chi connectivity index (χ0n) is 20.5. The molecule has 1 N–H and O–H groups in total. The van der Waals surface area contributed by atoms with Gasteiger partial charge in [-0.25, -0.2) is 4.68 Å². The Hall–Kier alpha value is -4.89. The summed E-state index contributed by atoms with van der Waals surface area (Å²) < 4.78 is 7.78. The van der Waals surface area contributed by atoms with Crippen LogP contribution in [0.25, 0.3) is 34.2 Å². The molecule has 0 atom stereocenters. The number of carbonyl (C=O) groups is 1. The first-order valence-corrected chi connectivity index (χ1v) is 12.3. The number of anilines is 1. The number of nitrogens with one attached hydrogen (secondary N) is 1. The molecule has 2 heterocycles. The van der Waals surface area contributed by atoms with Crippen molar-refractivity contribution in [3.05, 3.63) is 108 Å². The van der Waals surface area contributed by atoms with E-state index in [-0.39, 0.29) is 5.57 Å². The highest BCUT2D eigenvalue weighted by molar-refractivity contribution is 6.10. The van der Waals surface area contributed by atoms with E-state index < -0.39 is 5.91 Å². The molecule has 6 nitrogen and oxygen atoms in total. The molecule has 0 saturated heterocycles. The van der Waals surface area contributed by atoms with Gasteiger partial charge in [-0.15, -0.1) is 0 Å². The number of rotatable bonds is 8. The number of para-hydroxylation sites is 2. The van der Waals surface area contributed by atoms with Crippen molar-refractivity contribution in [3.63, 3.8) is 0 Å². The summed E-state index contributed by atoms with van der Waals surface area (Å²) in [6.45, 7) is 2.16. The van der Waals surface area contributed by atoms with Gasteiger partial charge in [-0.05, 0) is 60.9 Å². The zero-order chi connectivity index (χ0) is 25.6. The first-order valence-electron chi connectivity index (χ1n) is 12.3. The number of aromatic nitrogens is 2. The van der Waals surface area contributed by atoms with E-state index in [2.05, 4.69) is 12.2 Å². The van der Waals surface area contributed by atoms with Gasteiger partial charge in [0.25, 0.3) is 5.91 Å². The van der Waals surface area contributed by atoms with Crippen LogP contribution in [0.15, 0.2) is 101 Å². The van der Waals surface area contributed by atoms with E-state index in [9.17, 15) is 10.1 Å². The van der Waals surface area contributed by atoms with Gasteiger partial charge in [0, 0.05) is 22.8 Å². The van der Waals surface area contributed by atoms with Crippen molar-refractivity contribution in [1.82, 2.24) is 9.78 Å². The van der Waals surface area contributed by atoms with Crippen molar-refractivity contribution in [1.29, 1.82) is 5.26 Å². The van der Waals surface area contributed by atoms with Crippen LogP contribution in [0.1, 0.15) is 30.9 Å². The molecule has 0 aliphatic rings. The molecule has 2 aromatic heterocycles. The Kier molecular flexibility index (Phi) is 6.95. The quantitative estimate of drug-likeness (QED) is 0.186. The van der Waals surface area contributed by atoms with Crippen molar-refractivity contribution in [2.24, 2.45) is 0 Å². The van der Waals surface area contributed by atoms with Crippen LogP contribution in [0, 0.1) is 11.3 Å². The second-order valence-corrected chi connectivity index (χ2v) is 8.79. The van der Waals surface area contributed by atoms with Crippen LogP contribution >= 0.6 is 0 Å². The lowest BCUT2D eigenvalue weighted by Gasteiger charge is -2.06. The highest BCUT2D eigenvalue weighted by Gasteiger charge is 2.18. The minimum atomic E-state index is -0.480. The maximum Gasteiger partial charge on any atom is 0.266 e. The summed E-state index contributed by atoms with van der Waals surface area (Å²) in [7, 11) is 0. The molecule has 0 saturated carbocycles. The molecule has 0 aliphatic heterocycles. The third kappa shape index (κ3) is 5.36. The van der Waals surface area contributed by atoms with E-state index in [4.69, 9.17) is 9.52 Å². The number of amides is 1. The second-order valence-electron chi connectivity index (χ2n) is 8.79. The summed E-state index contributed by atoms with van der Waals surface area (Å²) in [5.41, 5.74) is 4.57. The van der Waals surface area contributed by atoms with Crippen LogP contribution in [-0.4, -0.2) is 15.7 Å². The number of carbonyl (C=O) groups excluding carboxylic acids is 1. The highest BCUT2D eigenvalue weighted by Crippen LogP contribution is 2.31. The van der Waals surface area contributed by atoms with Gasteiger partial charge in [0.05, 0.1) is 5.69 Å². The fraction of sp³-hybridized carbons (Fsp3) is 0.129. The predicted octanol–water partition coefficient (Wildman–Crippen LogP) is 7.17. The van der Waals surface area contributed by atoms with Gasteiger partial charge in [-0.3, -0.25) is 4.79 Å². The molecule has 0 spiro atoms. The summed E-state index contributed by atoms with van der Waals surface area (Å²) in [5.74, 6) is 0.0781. The molecule has 1 amide bonds. The van der Waals surface area contributed by atoms with Crippen LogP contribution in [-0.2, 0) is 11.2 Å². The molecular weight excluding hydrogens is 460 g/mol.